The highest BCUT2D eigenvalue weighted by Crippen LogP contribution is 2.12. The van der Waals surface area contributed by atoms with Crippen LogP contribution in [0.15, 0.2) is 24.3 Å². The van der Waals surface area contributed by atoms with E-state index < -0.39 is 0 Å². The normalized spacial score (nSPS) is 17.1. The van der Waals surface area contributed by atoms with E-state index in [1.165, 1.54) is 12.1 Å². The van der Waals surface area contributed by atoms with Gasteiger partial charge in [-0.3, -0.25) is 9.69 Å². The zero-order valence-corrected chi connectivity index (χ0v) is 13.6. The Bertz CT molecular complexity index is 504. The summed E-state index contributed by atoms with van der Waals surface area (Å²) in [6.07, 6.45) is 0.738. The number of β-amino-alcohol motifs (C(OH)–C–C–N with tert-alkyl or cyclic N) is 1. The van der Waals surface area contributed by atoms with Gasteiger partial charge in [0.05, 0.1) is 19.1 Å². The van der Waals surface area contributed by atoms with Crippen LogP contribution in [-0.2, 0) is 4.79 Å². The fraction of sp³-hybridized carbons (Fsp3) is 0.588. The number of hydrogen-bond acceptors (Lipinski definition) is 4. The van der Waals surface area contributed by atoms with Crippen LogP contribution in [0.2, 0.25) is 0 Å². The van der Waals surface area contributed by atoms with E-state index in [1.807, 2.05) is 11.8 Å². The van der Waals surface area contributed by atoms with Gasteiger partial charge in [-0.2, -0.15) is 0 Å². The molecule has 1 amide bonds. The molecule has 1 fully saturated rings. The number of aliphatic hydroxyl groups excluding tert-OH is 1. The van der Waals surface area contributed by atoms with Crippen molar-refractivity contribution < 1.29 is 19.0 Å². The van der Waals surface area contributed by atoms with Crippen molar-refractivity contribution >= 4 is 5.91 Å². The van der Waals surface area contributed by atoms with Crippen molar-refractivity contribution in [3.8, 4) is 5.75 Å². The molecule has 5 nitrogen and oxygen atoms in total. The summed E-state index contributed by atoms with van der Waals surface area (Å²) in [6.45, 7) is 5.80. The SMILES string of the molecule is CC[C@@H](O)CN1CCN(C(=O)CCOc2cccc(F)c2)CC1. The minimum atomic E-state index is -0.348. The second-order valence-electron chi connectivity index (χ2n) is 5.80. The van der Waals surface area contributed by atoms with Crippen LogP contribution in [0.25, 0.3) is 0 Å². The number of hydrogen-bond donors (Lipinski definition) is 1. The Hall–Kier alpha value is -1.66. The number of carbonyl (C=O) groups excluding carboxylic acids is 1. The summed E-state index contributed by atoms with van der Waals surface area (Å²) < 4.78 is 18.4. The van der Waals surface area contributed by atoms with Gasteiger partial charge in [0.25, 0.3) is 0 Å². The molecule has 0 saturated carbocycles. The van der Waals surface area contributed by atoms with Crippen LogP contribution in [0.3, 0.4) is 0 Å². The van der Waals surface area contributed by atoms with Crippen LogP contribution in [-0.4, -0.2) is 66.2 Å². The molecule has 0 radical (unpaired) electrons. The summed E-state index contributed by atoms with van der Waals surface area (Å²) in [6, 6.07) is 5.91. The highest BCUT2D eigenvalue weighted by Gasteiger charge is 2.21. The summed E-state index contributed by atoms with van der Waals surface area (Å²) >= 11 is 0. The van der Waals surface area contributed by atoms with Crippen LogP contribution in [0.5, 0.6) is 5.75 Å². The van der Waals surface area contributed by atoms with Gasteiger partial charge < -0.3 is 14.7 Å². The molecule has 1 aliphatic heterocycles. The Balaban J connectivity index is 1.67. The van der Waals surface area contributed by atoms with E-state index in [2.05, 4.69) is 4.90 Å². The van der Waals surface area contributed by atoms with Gasteiger partial charge in [0, 0.05) is 38.8 Å². The molecule has 1 saturated heterocycles. The van der Waals surface area contributed by atoms with Crippen molar-refractivity contribution in [3.05, 3.63) is 30.1 Å². The van der Waals surface area contributed by atoms with Crippen LogP contribution in [0.1, 0.15) is 19.8 Å². The van der Waals surface area contributed by atoms with Gasteiger partial charge in [0.15, 0.2) is 0 Å². The molecule has 1 aromatic carbocycles. The lowest BCUT2D eigenvalue weighted by Crippen LogP contribution is -2.50. The average molecular weight is 324 g/mol. The quantitative estimate of drug-likeness (QED) is 0.826. The van der Waals surface area contributed by atoms with Crippen LogP contribution >= 0.6 is 0 Å². The monoisotopic (exact) mass is 324 g/mol. The molecule has 1 N–H and O–H groups in total. The molecule has 1 heterocycles. The number of nitrogens with zero attached hydrogens (tertiary/aromatic N) is 2. The minimum absolute atomic E-state index is 0.0529. The van der Waals surface area contributed by atoms with Gasteiger partial charge >= 0.3 is 0 Å². The first-order valence-electron chi connectivity index (χ1n) is 8.15. The van der Waals surface area contributed by atoms with Crippen molar-refractivity contribution in [2.24, 2.45) is 0 Å². The first-order chi connectivity index (χ1) is 11.1. The van der Waals surface area contributed by atoms with Crippen LogP contribution in [0, 0.1) is 5.82 Å². The molecule has 0 unspecified atom stereocenters. The van der Waals surface area contributed by atoms with E-state index in [-0.39, 0.29) is 30.9 Å². The molecule has 128 valence electrons. The van der Waals surface area contributed by atoms with Gasteiger partial charge in [-0.25, -0.2) is 4.39 Å². The molecule has 1 aliphatic rings. The van der Waals surface area contributed by atoms with Gasteiger partial charge in [-0.1, -0.05) is 13.0 Å². The van der Waals surface area contributed by atoms with Gasteiger partial charge in [-0.05, 0) is 18.6 Å². The second-order valence-corrected chi connectivity index (χ2v) is 5.80. The number of piperazine rings is 1. The Labute approximate surface area is 136 Å². The smallest absolute Gasteiger partial charge is 0.226 e. The fourth-order valence-corrected chi connectivity index (χ4v) is 2.58. The maximum Gasteiger partial charge on any atom is 0.226 e. The highest BCUT2D eigenvalue weighted by atomic mass is 19.1. The number of aliphatic hydroxyl groups is 1. The third-order valence-electron chi connectivity index (χ3n) is 4.05. The molecule has 2 rings (SSSR count). The number of halogens is 1. The van der Waals surface area contributed by atoms with E-state index in [0.717, 1.165) is 19.5 Å². The molecule has 0 aliphatic carbocycles. The zero-order valence-electron chi connectivity index (χ0n) is 13.6. The summed E-state index contributed by atoms with van der Waals surface area (Å²) in [5, 5.41) is 9.66. The number of benzene rings is 1. The second kappa shape index (κ2) is 8.84. The number of ether oxygens (including phenoxy) is 1. The lowest BCUT2D eigenvalue weighted by molar-refractivity contribution is -0.133. The molecule has 0 aromatic heterocycles. The Morgan fingerprint density at radius 3 is 2.74 bits per heavy atom. The molecule has 1 aromatic rings. The maximum atomic E-state index is 13.0. The third kappa shape index (κ3) is 5.80. The lowest BCUT2D eigenvalue weighted by Gasteiger charge is -2.35. The average Bonchev–Trinajstić information content (AvgIpc) is 2.55. The van der Waals surface area contributed by atoms with Gasteiger partial charge in [0.2, 0.25) is 5.91 Å². The predicted octanol–water partition coefficient (Wildman–Crippen LogP) is 1.51. The first kappa shape index (κ1) is 17.7. The number of amides is 1. The fourth-order valence-electron chi connectivity index (χ4n) is 2.58. The first-order valence-corrected chi connectivity index (χ1v) is 8.15. The van der Waals surface area contributed by atoms with Gasteiger partial charge in [-0.15, -0.1) is 0 Å². The summed E-state index contributed by atoms with van der Waals surface area (Å²) in [5.41, 5.74) is 0. The number of rotatable bonds is 7. The topological polar surface area (TPSA) is 53.0 Å². The largest absolute Gasteiger partial charge is 0.493 e. The Morgan fingerprint density at radius 1 is 1.35 bits per heavy atom. The molecule has 23 heavy (non-hydrogen) atoms. The van der Waals surface area contributed by atoms with E-state index in [9.17, 15) is 14.3 Å². The lowest BCUT2D eigenvalue weighted by atomic mass is 10.2. The number of carbonyl (C=O) groups is 1. The predicted molar refractivity (Wildman–Crippen MR) is 85.8 cm³/mol. The van der Waals surface area contributed by atoms with E-state index in [0.29, 0.717) is 25.4 Å². The van der Waals surface area contributed by atoms with Crippen molar-refractivity contribution in [2.45, 2.75) is 25.9 Å². The summed E-state index contributed by atoms with van der Waals surface area (Å²) in [7, 11) is 0. The highest BCUT2D eigenvalue weighted by molar-refractivity contribution is 5.76. The summed E-state index contributed by atoms with van der Waals surface area (Å²) in [4.78, 5) is 16.1. The van der Waals surface area contributed by atoms with Crippen molar-refractivity contribution in [2.75, 3.05) is 39.3 Å². The van der Waals surface area contributed by atoms with E-state index in [1.54, 1.807) is 12.1 Å². The third-order valence-corrected chi connectivity index (χ3v) is 4.05. The molecule has 0 bridgehead atoms. The van der Waals surface area contributed by atoms with Crippen molar-refractivity contribution in [1.29, 1.82) is 0 Å². The molecule has 6 heteroatoms. The molecule has 0 spiro atoms. The minimum Gasteiger partial charge on any atom is -0.493 e. The van der Waals surface area contributed by atoms with Gasteiger partial charge in [0.1, 0.15) is 11.6 Å². The zero-order chi connectivity index (χ0) is 16.7. The Kier molecular flexibility index (Phi) is 6.80. The van der Waals surface area contributed by atoms with E-state index in [4.69, 9.17) is 4.74 Å². The van der Waals surface area contributed by atoms with Crippen molar-refractivity contribution in [3.63, 3.8) is 0 Å². The van der Waals surface area contributed by atoms with Crippen LogP contribution in [0.4, 0.5) is 4.39 Å². The van der Waals surface area contributed by atoms with Crippen molar-refractivity contribution in [1.82, 2.24) is 9.80 Å². The van der Waals surface area contributed by atoms with Crippen LogP contribution < -0.4 is 4.74 Å². The van der Waals surface area contributed by atoms with E-state index >= 15 is 0 Å². The molecular weight excluding hydrogens is 299 g/mol. The molecule has 1 atom stereocenters. The summed E-state index contributed by atoms with van der Waals surface area (Å²) in [5.74, 6) is 0.146. The standard InChI is InChI=1S/C17H25FN2O3/c1-2-15(21)13-19-7-9-20(10-8-19)17(22)6-11-23-16-5-3-4-14(18)12-16/h3-5,12,15,21H,2,6-11,13H2,1H3/t15-/m1/s1. The molecular formula is C17H25FN2O3. The Morgan fingerprint density at radius 2 is 2.09 bits per heavy atom. The maximum absolute atomic E-state index is 13.0.